The molecule has 0 aliphatic rings. The Morgan fingerprint density at radius 1 is 1.00 bits per heavy atom. The normalized spacial score (nSPS) is 11.9. The lowest BCUT2D eigenvalue weighted by Crippen LogP contribution is -2.37. The molecule has 3 rings (SSSR count). The summed E-state index contributed by atoms with van der Waals surface area (Å²) >= 11 is 1.69. The van der Waals surface area contributed by atoms with Gasteiger partial charge in [-0.05, 0) is 30.0 Å². The fourth-order valence-corrected chi connectivity index (χ4v) is 3.12. The van der Waals surface area contributed by atoms with Crippen LogP contribution < -0.4 is 10.6 Å². The van der Waals surface area contributed by atoms with Crippen molar-refractivity contribution in [2.24, 2.45) is 0 Å². The Kier molecular flexibility index (Phi) is 5.41. The van der Waals surface area contributed by atoms with E-state index in [9.17, 15) is 4.79 Å². The molecule has 0 radical (unpaired) electrons. The van der Waals surface area contributed by atoms with Crippen molar-refractivity contribution in [3.63, 3.8) is 0 Å². The van der Waals surface area contributed by atoms with Crippen LogP contribution in [0, 0.1) is 0 Å². The van der Waals surface area contributed by atoms with Crippen LogP contribution in [-0.2, 0) is 11.3 Å². The number of nitrogens with one attached hydrogen (secondary N) is 2. The summed E-state index contributed by atoms with van der Waals surface area (Å²) < 4.78 is 0. The minimum atomic E-state index is -0.268. The molecule has 4 heteroatoms. The molecule has 0 unspecified atom stereocenters. The molecule has 3 aromatic rings. The minimum Gasteiger partial charge on any atom is -0.324 e. The first-order valence-corrected chi connectivity index (χ1v) is 8.83. The zero-order valence-corrected chi connectivity index (χ0v) is 14.3. The van der Waals surface area contributed by atoms with E-state index < -0.39 is 0 Å². The summed E-state index contributed by atoms with van der Waals surface area (Å²) in [6, 6.07) is 21.8. The molecule has 1 amide bonds. The second-order valence-corrected chi connectivity index (χ2v) is 6.62. The molecule has 0 aliphatic heterocycles. The predicted molar refractivity (Wildman–Crippen MR) is 101 cm³/mol. The van der Waals surface area contributed by atoms with Crippen LogP contribution in [0.25, 0.3) is 11.1 Å². The third-order valence-corrected chi connectivity index (χ3v) is 4.70. The van der Waals surface area contributed by atoms with Crippen molar-refractivity contribution in [3.8, 4) is 11.1 Å². The molecule has 2 aromatic carbocycles. The number of hydrogen-bond acceptors (Lipinski definition) is 3. The molecular weight excluding hydrogens is 316 g/mol. The smallest absolute Gasteiger partial charge is 0.241 e. The largest absolute Gasteiger partial charge is 0.324 e. The second kappa shape index (κ2) is 7.90. The van der Waals surface area contributed by atoms with Gasteiger partial charge in [0.25, 0.3) is 0 Å². The zero-order chi connectivity index (χ0) is 16.8. The van der Waals surface area contributed by atoms with E-state index >= 15 is 0 Å². The fourth-order valence-electron chi connectivity index (χ4n) is 2.46. The van der Waals surface area contributed by atoms with Crippen molar-refractivity contribution < 1.29 is 4.79 Å². The molecule has 0 aliphatic carbocycles. The molecule has 0 saturated heterocycles. The molecule has 0 fully saturated rings. The Morgan fingerprint density at radius 2 is 1.75 bits per heavy atom. The highest BCUT2D eigenvalue weighted by molar-refractivity contribution is 7.09. The van der Waals surface area contributed by atoms with Crippen molar-refractivity contribution in [1.29, 1.82) is 0 Å². The van der Waals surface area contributed by atoms with Gasteiger partial charge in [-0.25, -0.2) is 0 Å². The average Bonchev–Trinajstić information content (AvgIpc) is 3.14. The quantitative estimate of drug-likeness (QED) is 0.694. The van der Waals surface area contributed by atoms with Crippen LogP contribution in [0.2, 0.25) is 0 Å². The van der Waals surface area contributed by atoms with Crippen LogP contribution in [0.3, 0.4) is 0 Å². The topological polar surface area (TPSA) is 41.1 Å². The highest BCUT2D eigenvalue weighted by Crippen LogP contribution is 2.27. The summed E-state index contributed by atoms with van der Waals surface area (Å²) in [4.78, 5) is 13.7. The SMILES string of the molecule is C[C@H](NCc1cccs1)C(=O)Nc1ccccc1-c1ccccc1. The van der Waals surface area contributed by atoms with Gasteiger partial charge in [-0.3, -0.25) is 4.79 Å². The molecule has 2 N–H and O–H groups in total. The Hall–Kier alpha value is -2.43. The van der Waals surface area contributed by atoms with Crippen LogP contribution in [0.4, 0.5) is 5.69 Å². The summed E-state index contributed by atoms with van der Waals surface area (Å²) in [7, 11) is 0. The maximum atomic E-state index is 12.5. The van der Waals surface area contributed by atoms with Gasteiger partial charge in [0.2, 0.25) is 5.91 Å². The first-order chi connectivity index (χ1) is 11.7. The number of benzene rings is 2. The van der Waals surface area contributed by atoms with E-state index in [1.54, 1.807) is 11.3 Å². The van der Waals surface area contributed by atoms with Gasteiger partial charge < -0.3 is 10.6 Å². The highest BCUT2D eigenvalue weighted by atomic mass is 32.1. The van der Waals surface area contributed by atoms with Crippen molar-refractivity contribution in [1.82, 2.24) is 5.32 Å². The van der Waals surface area contributed by atoms with Crippen LogP contribution in [0.1, 0.15) is 11.8 Å². The van der Waals surface area contributed by atoms with Crippen molar-refractivity contribution >= 4 is 22.9 Å². The minimum absolute atomic E-state index is 0.0325. The summed E-state index contributed by atoms with van der Waals surface area (Å²) in [5.74, 6) is -0.0325. The number of rotatable bonds is 6. The average molecular weight is 336 g/mol. The number of amides is 1. The number of carbonyl (C=O) groups is 1. The van der Waals surface area contributed by atoms with Gasteiger partial charge in [-0.15, -0.1) is 11.3 Å². The van der Waals surface area contributed by atoms with E-state index in [1.807, 2.05) is 73.0 Å². The first kappa shape index (κ1) is 16.4. The number of hydrogen-bond donors (Lipinski definition) is 2. The Bertz CT molecular complexity index is 784. The molecule has 1 atom stereocenters. The van der Waals surface area contributed by atoms with E-state index in [0.717, 1.165) is 16.8 Å². The number of thiophene rings is 1. The van der Waals surface area contributed by atoms with Gasteiger partial charge >= 0.3 is 0 Å². The molecule has 0 bridgehead atoms. The monoisotopic (exact) mass is 336 g/mol. The molecule has 24 heavy (non-hydrogen) atoms. The van der Waals surface area contributed by atoms with E-state index in [4.69, 9.17) is 0 Å². The van der Waals surface area contributed by atoms with Gasteiger partial charge in [0.1, 0.15) is 0 Å². The number of para-hydroxylation sites is 1. The number of anilines is 1. The van der Waals surface area contributed by atoms with Gasteiger partial charge in [0.15, 0.2) is 0 Å². The third kappa shape index (κ3) is 4.10. The van der Waals surface area contributed by atoms with Crippen molar-refractivity contribution in [2.75, 3.05) is 5.32 Å². The molecule has 1 heterocycles. The molecule has 0 spiro atoms. The zero-order valence-electron chi connectivity index (χ0n) is 13.5. The summed E-state index contributed by atoms with van der Waals surface area (Å²) in [5.41, 5.74) is 2.95. The third-order valence-electron chi connectivity index (χ3n) is 3.83. The van der Waals surface area contributed by atoms with Crippen LogP contribution in [0.15, 0.2) is 72.1 Å². The molecule has 0 saturated carbocycles. The van der Waals surface area contributed by atoms with E-state index in [-0.39, 0.29) is 11.9 Å². The lowest BCUT2D eigenvalue weighted by Gasteiger charge is -2.16. The summed E-state index contributed by atoms with van der Waals surface area (Å²) in [6.45, 7) is 2.58. The predicted octanol–water partition coefficient (Wildman–Crippen LogP) is 4.53. The van der Waals surface area contributed by atoms with E-state index in [2.05, 4.69) is 16.7 Å². The van der Waals surface area contributed by atoms with Crippen LogP contribution >= 0.6 is 11.3 Å². The fraction of sp³-hybridized carbons (Fsp3) is 0.150. The van der Waals surface area contributed by atoms with E-state index in [1.165, 1.54) is 4.88 Å². The lowest BCUT2D eigenvalue weighted by molar-refractivity contribution is -0.117. The molecule has 122 valence electrons. The Balaban J connectivity index is 1.68. The van der Waals surface area contributed by atoms with Gasteiger partial charge in [0.05, 0.1) is 6.04 Å². The van der Waals surface area contributed by atoms with Crippen molar-refractivity contribution in [3.05, 3.63) is 77.0 Å². The molecular formula is C20H20N2OS. The van der Waals surface area contributed by atoms with Gasteiger partial charge in [0, 0.05) is 22.7 Å². The maximum Gasteiger partial charge on any atom is 0.241 e. The highest BCUT2D eigenvalue weighted by Gasteiger charge is 2.14. The summed E-state index contributed by atoms with van der Waals surface area (Å²) in [5, 5.41) is 8.34. The second-order valence-electron chi connectivity index (χ2n) is 5.58. The van der Waals surface area contributed by atoms with Crippen LogP contribution in [-0.4, -0.2) is 11.9 Å². The Labute approximate surface area is 146 Å². The molecule has 1 aromatic heterocycles. The number of carbonyl (C=O) groups excluding carboxylic acids is 1. The maximum absolute atomic E-state index is 12.5. The molecule has 3 nitrogen and oxygen atoms in total. The first-order valence-electron chi connectivity index (χ1n) is 7.95. The van der Waals surface area contributed by atoms with Crippen molar-refractivity contribution in [2.45, 2.75) is 19.5 Å². The lowest BCUT2D eigenvalue weighted by atomic mass is 10.0. The van der Waals surface area contributed by atoms with E-state index in [0.29, 0.717) is 6.54 Å². The van der Waals surface area contributed by atoms with Crippen LogP contribution in [0.5, 0.6) is 0 Å². The standard InChI is InChI=1S/C20H20N2OS/c1-15(21-14-17-10-7-13-24-17)20(23)22-19-12-6-5-11-18(19)16-8-3-2-4-9-16/h2-13,15,21H,14H2,1H3,(H,22,23)/t15-/m0/s1. The summed E-state index contributed by atoms with van der Waals surface area (Å²) in [6.07, 6.45) is 0. The Morgan fingerprint density at radius 3 is 2.50 bits per heavy atom. The van der Waals surface area contributed by atoms with Gasteiger partial charge in [-0.1, -0.05) is 54.6 Å². The van der Waals surface area contributed by atoms with Gasteiger partial charge in [-0.2, -0.15) is 0 Å².